The highest BCUT2D eigenvalue weighted by Gasteiger charge is 2.36. The number of benzene rings is 1. The van der Waals surface area contributed by atoms with Crippen molar-refractivity contribution in [1.29, 1.82) is 0 Å². The highest BCUT2D eigenvalue weighted by Crippen LogP contribution is 2.25. The minimum atomic E-state index is -0.795. The lowest BCUT2D eigenvalue weighted by atomic mass is 9.98. The number of amides is 3. The summed E-state index contributed by atoms with van der Waals surface area (Å²) in [7, 11) is 0. The number of unbranched alkanes of at least 4 members (excludes halogenated alkanes) is 5. The third-order valence-electron chi connectivity index (χ3n) is 6.26. The Morgan fingerprint density at radius 2 is 1.53 bits per heavy atom. The molecule has 2 atom stereocenters. The van der Waals surface area contributed by atoms with E-state index in [1.54, 1.807) is 25.7 Å². The van der Waals surface area contributed by atoms with Gasteiger partial charge in [0.15, 0.2) is 0 Å². The van der Waals surface area contributed by atoms with E-state index in [9.17, 15) is 14.4 Å². The summed E-state index contributed by atoms with van der Waals surface area (Å²) in [5.41, 5.74) is 1.17. The van der Waals surface area contributed by atoms with Crippen LogP contribution in [0.5, 0.6) is 0 Å². The SMILES string of the molecule is CCCCCCCN(C(=O)C(CC(C)C)NC(=O)OC(C)(C)C)C(C(=O)NCCCC)c1ccc(C)cc1. The molecule has 38 heavy (non-hydrogen) atoms. The molecule has 1 aromatic carbocycles. The van der Waals surface area contributed by atoms with Crippen LogP contribution in [-0.4, -0.2) is 47.5 Å². The molecule has 0 aliphatic rings. The fraction of sp³-hybridized carbons (Fsp3) is 0.710. The molecule has 0 aromatic heterocycles. The minimum absolute atomic E-state index is 0.154. The van der Waals surface area contributed by atoms with Gasteiger partial charge in [-0.15, -0.1) is 0 Å². The van der Waals surface area contributed by atoms with Crippen LogP contribution < -0.4 is 10.6 Å². The van der Waals surface area contributed by atoms with Crippen molar-refractivity contribution in [2.75, 3.05) is 13.1 Å². The van der Waals surface area contributed by atoms with E-state index in [2.05, 4.69) is 24.5 Å². The van der Waals surface area contributed by atoms with Gasteiger partial charge in [-0.05, 0) is 58.4 Å². The monoisotopic (exact) mass is 531 g/mol. The van der Waals surface area contributed by atoms with Crippen molar-refractivity contribution >= 4 is 17.9 Å². The third kappa shape index (κ3) is 12.8. The van der Waals surface area contributed by atoms with Gasteiger partial charge < -0.3 is 20.3 Å². The van der Waals surface area contributed by atoms with Gasteiger partial charge in [-0.2, -0.15) is 0 Å². The zero-order chi connectivity index (χ0) is 28.7. The number of nitrogens with one attached hydrogen (secondary N) is 2. The topological polar surface area (TPSA) is 87.7 Å². The fourth-order valence-electron chi connectivity index (χ4n) is 4.30. The molecule has 0 aliphatic heterocycles. The van der Waals surface area contributed by atoms with Crippen molar-refractivity contribution in [2.24, 2.45) is 5.92 Å². The van der Waals surface area contributed by atoms with Crippen molar-refractivity contribution in [1.82, 2.24) is 15.5 Å². The number of nitrogens with zero attached hydrogens (tertiary/aromatic N) is 1. The summed E-state index contributed by atoms with van der Waals surface area (Å²) in [5.74, 6) is -0.289. The Balaban J connectivity index is 3.41. The normalized spacial score (nSPS) is 13.1. The Morgan fingerprint density at radius 1 is 0.921 bits per heavy atom. The van der Waals surface area contributed by atoms with Crippen molar-refractivity contribution in [2.45, 2.75) is 124 Å². The Kier molecular flexibility index (Phi) is 15.1. The maximum Gasteiger partial charge on any atom is 0.408 e. The maximum absolute atomic E-state index is 14.2. The number of hydrogen-bond donors (Lipinski definition) is 2. The molecular formula is C31H53N3O4. The summed E-state index contributed by atoms with van der Waals surface area (Å²) < 4.78 is 5.48. The van der Waals surface area contributed by atoms with Crippen LogP contribution in [0.2, 0.25) is 0 Å². The lowest BCUT2D eigenvalue weighted by molar-refractivity contribution is -0.143. The molecule has 1 aromatic rings. The van der Waals surface area contributed by atoms with E-state index < -0.39 is 23.8 Å². The summed E-state index contributed by atoms with van der Waals surface area (Å²) in [6, 6.07) is 6.22. The number of rotatable bonds is 16. The highest BCUT2D eigenvalue weighted by atomic mass is 16.6. The largest absolute Gasteiger partial charge is 0.444 e. The van der Waals surface area contributed by atoms with E-state index in [4.69, 9.17) is 4.74 Å². The van der Waals surface area contributed by atoms with E-state index in [0.29, 0.717) is 19.5 Å². The number of ether oxygens (including phenoxy) is 1. The summed E-state index contributed by atoms with van der Waals surface area (Å²) >= 11 is 0. The lowest BCUT2D eigenvalue weighted by Crippen LogP contribution is -2.53. The number of carbonyl (C=O) groups is 3. The van der Waals surface area contributed by atoms with Gasteiger partial charge in [-0.3, -0.25) is 9.59 Å². The molecule has 0 saturated heterocycles. The molecule has 0 bridgehead atoms. The second-order valence-corrected chi connectivity index (χ2v) is 11.7. The van der Waals surface area contributed by atoms with E-state index in [-0.39, 0.29) is 17.7 Å². The maximum atomic E-state index is 14.2. The second-order valence-electron chi connectivity index (χ2n) is 11.7. The smallest absolute Gasteiger partial charge is 0.408 e. The lowest BCUT2D eigenvalue weighted by Gasteiger charge is -2.35. The predicted octanol–water partition coefficient (Wildman–Crippen LogP) is 6.69. The molecule has 0 saturated carbocycles. The third-order valence-corrected chi connectivity index (χ3v) is 6.26. The van der Waals surface area contributed by atoms with Crippen LogP contribution in [0, 0.1) is 12.8 Å². The Labute approximate surface area is 231 Å². The van der Waals surface area contributed by atoms with Crippen LogP contribution in [0.25, 0.3) is 0 Å². The van der Waals surface area contributed by atoms with Crippen LogP contribution in [0.3, 0.4) is 0 Å². The van der Waals surface area contributed by atoms with Gasteiger partial charge >= 0.3 is 6.09 Å². The Hall–Kier alpha value is -2.57. The molecule has 2 N–H and O–H groups in total. The van der Waals surface area contributed by atoms with E-state index in [1.807, 2.05) is 45.0 Å². The standard InChI is InChI=1S/C31H53N3O4/c1-9-11-13-14-15-21-34(29(36)26(22-23(3)4)33-30(37)38-31(6,7)8)27(28(35)32-20-12-10-2)25-18-16-24(5)17-19-25/h16-19,23,26-27H,9-15,20-22H2,1-8H3,(H,32,35)(H,33,37). The van der Waals surface area contributed by atoms with E-state index >= 15 is 0 Å². The minimum Gasteiger partial charge on any atom is -0.444 e. The predicted molar refractivity (Wildman–Crippen MR) is 155 cm³/mol. The number of alkyl carbamates (subject to hydrolysis) is 1. The van der Waals surface area contributed by atoms with Crippen molar-refractivity contribution in [3.05, 3.63) is 35.4 Å². The molecule has 2 unspecified atom stereocenters. The summed E-state index contributed by atoms with van der Waals surface area (Å²) in [6.45, 7) is 16.7. The van der Waals surface area contributed by atoms with Gasteiger partial charge in [0.2, 0.25) is 11.8 Å². The molecule has 216 valence electrons. The zero-order valence-corrected chi connectivity index (χ0v) is 25.2. The molecule has 7 nitrogen and oxygen atoms in total. The van der Waals surface area contributed by atoms with Crippen LogP contribution in [-0.2, 0) is 14.3 Å². The van der Waals surface area contributed by atoms with Crippen molar-refractivity contribution in [3.8, 4) is 0 Å². The molecule has 0 heterocycles. The van der Waals surface area contributed by atoms with Gasteiger partial charge in [0.1, 0.15) is 17.7 Å². The number of carbonyl (C=O) groups excluding carboxylic acids is 3. The summed E-state index contributed by atoms with van der Waals surface area (Å²) in [6.07, 6.45) is 6.78. The first-order chi connectivity index (χ1) is 17.9. The van der Waals surface area contributed by atoms with Gasteiger partial charge in [0.05, 0.1) is 0 Å². The summed E-state index contributed by atoms with van der Waals surface area (Å²) in [5, 5.41) is 5.87. The van der Waals surface area contributed by atoms with Gasteiger partial charge in [0, 0.05) is 13.1 Å². The molecule has 0 spiro atoms. The molecule has 1 rings (SSSR count). The first-order valence-electron chi connectivity index (χ1n) is 14.5. The van der Waals surface area contributed by atoms with E-state index in [0.717, 1.165) is 56.1 Å². The second kappa shape index (κ2) is 17.1. The molecular weight excluding hydrogens is 478 g/mol. The Bertz CT molecular complexity index is 846. The fourth-order valence-corrected chi connectivity index (χ4v) is 4.30. The van der Waals surface area contributed by atoms with Gasteiger partial charge in [-0.25, -0.2) is 4.79 Å². The number of aryl methyl sites for hydroxylation is 1. The quantitative estimate of drug-likeness (QED) is 0.233. The highest BCUT2D eigenvalue weighted by molar-refractivity contribution is 5.92. The molecule has 0 radical (unpaired) electrons. The zero-order valence-electron chi connectivity index (χ0n) is 25.2. The molecule has 0 aliphatic carbocycles. The average Bonchev–Trinajstić information content (AvgIpc) is 2.82. The van der Waals surface area contributed by atoms with E-state index in [1.165, 1.54) is 0 Å². The number of hydrogen-bond acceptors (Lipinski definition) is 4. The van der Waals surface area contributed by atoms with Crippen LogP contribution >= 0.6 is 0 Å². The van der Waals surface area contributed by atoms with Crippen LogP contribution in [0.15, 0.2) is 24.3 Å². The first kappa shape index (κ1) is 33.5. The molecule has 7 heteroatoms. The van der Waals surface area contributed by atoms with Crippen molar-refractivity contribution in [3.63, 3.8) is 0 Å². The van der Waals surface area contributed by atoms with Crippen LogP contribution in [0.4, 0.5) is 4.79 Å². The summed E-state index contributed by atoms with van der Waals surface area (Å²) in [4.78, 5) is 42.2. The average molecular weight is 532 g/mol. The van der Waals surface area contributed by atoms with Gasteiger partial charge in [-0.1, -0.05) is 89.6 Å². The van der Waals surface area contributed by atoms with Crippen LogP contribution in [0.1, 0.15) is 117 Å². The Morgan fingerprint density at radius 3 is 2.08 bits per heavy atom. The molecule has 0 fully saturated rings. The molecule has 3 amide bonds. The van der Waals surface area contributed by atoms with Gasteiger partial charge in [0.25, 0.3) is 0 Å². The van der Waals surface area contributed by atoms with Crippen molar-refractivity contribution < 1.29 is 19.1 Å². The first-order valence-corrected chi connectivity index (χ1v) is 14.5.